The zero-order valence-corrected chi connectivity index (χ0v) is 19.7. The van der Waals surface area contributed by atoms with E-state index in [1.165, 1.54) is 0 Å². The van der Waals surface area contributed by atoms with Gasteiger partial charge in [0.15, 0.2) is 0 Å². The van der Waals surface area contributed by atoms with Crippen LogP contribution in [0.2, 0.25) is 0 Å². The predicted octanol–water partition coefficient (Wildman–Crippen LogP) is 5.63. The highest BCUT2D eigenvalue weighted by molar-refractivity contribution is 6.47. The highest BCUT2D eigenvalue weighted by Crippen LogP contribution is 2.28. The van der Waals surface area contributed by atoms with E-state index in [4.69, 9.17) is 4.65 Å². The number of rotatable bonds is 7. The summed E-state index contributed by atoms with van der Waals surface area (Å²) in [5.41, 5.74) is 5.88. The predicted molar refractivity (Wildman–Crippen MR) is 139 cm³/mol. The summed E-state index contributed by atoms with van der Waals surface area (Å²) >= 11 is 0. The van der Waals surface area contributed by atoms with Crippen molar-refractivity contribution in [2.45, 2.75) is 38.9 Å². The standard InChI is InChI=1S/C29H30BNO2/c1-28(2,32)29(3,4)33-30-26-18-24(22-13-9-6-10-14-22)17-25(19-26)27-20-23(15-16-31-27)21-11-7-5-8-12-21/h5-20,30,32H,1-4H3. The van der Waals surface area contributed by atoms with E-state index in [0.717, 1.165) is 39.0 Å². The van der Waals surface area contributed by atoms with Crippen LogP contribution >= 0.6 is 0 Å². The fourth-order valence-corrected chi connectivity index (χ4v) is 3.56. The average molecular weight is 435 g/mol. The third-order valence-electron chi connectivity index (χ3n) is 6.34. The van der Waals surface area contributed by atoms with Gasteiger partial charge in [0.1, 0.15) is 0 Å². The van der Waals surface area contributed by atoms with E-state index in [2.05, 4.69) is 53.5 Å². The van der Waals surface area contributed by atoms with Gasteiger partial charge in [0.05, 0.1) is 16.9 Å². The molecule has 33 heavy (non-hydrogen) atoms. The molecule has 0 aliphatic carbocycles. The van der Waals surface area contributed by atoms with Gasteiger partial charge in [-0.25, -0.2) is 0 Å². The van der Waals surface area contributed by atoms with Crippen LogP contribution in [0.1, 0.15) is 27.7 Å². The Hall–Kier alpha value is -3.21. The van der Waals surface area contributed by atoms with Crippen LogP contribution < -0.4 is 5.46 Å². The number of hydrogen-bond donors (Lipinski definition) is 1. The van der Waals surface area contributed by atoms with Gasteiger partial charge in [0.2, 0.25) is 0 Å². The first-order valence-electron chi connectivity index (χ1n) is 11.3. The Morgan fingerprint density at radius 1 is 0.667 bits per heavy atom. The van der Waals surface area contributed by atoms with Crippen molar-refractivity contribution in [3.63, 3.8) is 0 Å². The largest absolute Gasteiger partial charge is 0.427 e. The minimum Gasteiger partial charge on any atom is -0.427 e. The van der Waals surface area contributed by atoms with Crippen molar-refractivity contribution >= 4 is 12.9 Å². The Kier molecular flexibility index (Phi) is 6.50. The van der Waals surface area contributed by atoms with Crippen LogP contribution in [0, 0.1) is 0 Å². The molecule has 1 heterocycles. The number of aliphatic hydroxyl groups is 1. The molecule has 0 saturated heterocycles. The topological polar surface area (TPSA) is 42.4 Å². The van der Waals surface area contributed by atoms with E-state index in [1.807, 2.05) is 62.5 Å². The van der Waals surface area contributed by atoms with Crippen LogP contribution in [0.3, 0.4) is 0 Å². The molecule has 0 aliphatic heterocycles. The van der Waals surface area contributed by atoms with Crippen LogP contribution in [0.15, 0.2) is 97.2 Å². The minimum atomic E-state index is -0.960. The molecule has 0 saturated carbocycles. The Balaban J connectivity index is 1.74. The second-order valence-corrected chi connectivity index (χ2v) is 9.44. The van der Waals surface area contributed by atoms with E-state index < -0.39 is 11.2 Å². The van der Waals surface area contributed by atoms with Gasteiger partial charge < -0.3 is 9.76 Å². The minimum absolute atomic E-state index is 0.392. The molecule has 1 N–H and O–H groups in total. The molecule has 0 aliphatic rings. The van der Waals surface area contributed by atoms with Crippen molar-refractivity contribution in [1.29, 1.82) is 0 Å². The second kappa shape index (κ2) is 9.34. The van der Waals surface area contributed by atoms with Gasteiger partial charge in [0, 0.05) is 11.8 Å². The maximum absolute atomic E-state index is 10.5. The second-order valence-electron chi connectivity index (χ2n) is 9.44. The molecular weight excluding hydrogens is 405 g/mol. The number of aromatic nitrogens is 1. The Morgan fingerprint density at radius 2 is 1.24 bits per heavy atom. The van der Waals surface area contributed by atoms with E-state index in [-0.39, 0.29) is 0 Å². The highest BCUT2D eigenvalue weighted by Gasteiger charge is 2.35. The molecule has 0 fully saturated rings. The maximum atomic E-state index is 10.5. The van der Waals surface area contributed by atoms with Gasteiger partial charge in [-0.05, 0) is 68.1 Å². The quantitative estimate of drug-likeness (QED) is 0.383. The van der Waals surface area contributed by atoms with Gasteiger partial charge in [-0.15, -0.1) is 0 Å². The molecule has 3 nitrogen and oxygen atoms in total. The Morgan fingerprint density at radius 3 is 1.85 bits per heavy atom. The first kappa shape index (κ1) is 23.0. The summed E-state index contributed by atoms with van der Waals surface area (Å²) in [6, 6.07) is 31.3. The SMILES string of the molecule is CC(C)(O)C(C)(C)OBc1cc(-c2ccccc2)cc(-c2cc(-c3ccccc3)ccn2)c1. The maximum Gasteiger partial charge on any atom is 0.309 e. The van der Waals surface area contributed by atoms with Crippen molar-refractivity contribution in [3.05, 3.63) is 97.2 Å². The molecule has 4 rings (SSSR count). The molecule has 3 aromatic carbocycles. The smallest absolute Gasteiger partial charge is 0.309 e. The number of pyridine rings is 1. The van der Waals surface area contributed by atoms with Crippen molar-refractivity contribution in [2.24, 2.45) is 0 Å². The molecule has 0 bridgehead atoms. The molecule has 0 amide bonds. The van der Waals surface area contributed by atoms with E-state index in [9.17, 15) is 5.11 Å². The van der Waals surface area contributed by atoms with Crippen LogP contribution in [0.5, 0.6) is 0 Å². The zero-order chi connectivity index (χ0) is 23.5. The van der Waals surface area contributed by atoms with E-state index in [0.29, 0.717) is 7.48 Å². The Labute approximate surface area is 197 Å². The summed E-state index contributed by atoms with van der Waals surface area (Å²) < 4.78 is 6.18. The molecule has 4 heteroatoms. The lowest BCUT2D eigenvalue weighted by Gasteiger charge is -2.37. The van der Waals surface area contributed by atoms with E-state index in [1.54, 1.807) is 13.8 Å². The van der Waals surface area contributed by atoms with Gasteiger partial charge in [-0.1, -0.05) is 78.3 Å². The summed E-state index contributed by atoms with van der Waals surface area (Å²) in [6.07, 6.45) is 1.86. The van der Waals surface area contributed by atoms with Gasteiger partial charge >= 0.3 is 7.48 Å². The zero-order valence-electron chi connectivity index (χ0n) is 19.7. The molecule has 0 unspecified atom stereocenters. The first-order valence-corrected chi connectivity index (χ1v) is 11.3. The van der Waals surface area contributed by atoms with Crippen LogP contribution in [0.25, 0.3) is 33.5 Å². The lowest BCUT2D eigenvalue weighted by Crippen LogP contribution is -2.49. The summed E-state index contributed by atoms with van der Waals surface area (Å²) in [7, 11) is 0.392. The summed E-state index contributed by atoms with van der Waals surface area (Å²) in [5.74, 6) is 0. The number of benzene rings is 3. The fraction of sp³-hybridized carbons (Fsp3) is 0.207. The summed E-state index contributed by atoms with van der Waals surface area (Å²) in [5, 5.41) is 10.5. The molecule has 0 atom stereocenters. The van der Waals surface area contributed by atoms with E-state index >= 15 is 0 Å². The third-order valence-corrected chi connectivity index (χ3v) is 6.34. The average Bonchev–Trinajstić information content (AvgIpc) is 2.83. The lowest BCUT2D eigenvalue weighted by molar-refractivity contribution is -0.0893. The molecule has 4 aromatic rings. The van der Waals surface area contributed by atoms with Crippen molar-refractivity contribution < 1.29 is 9.76 Å². The normalized spacial score (nSPS) is 11.9. The third kappa shape index (κ3) is 5.41. The molecule has 166 valence electrons. The van der Waals surface area contributed by atoms with Crippen LogP contribution in [0.4, 0.5) is 0 Å². The highest BCUT2D eigenvalue weighted by atomic mass is 16.5. The van der Waals surface area contributed by atoms with Crippen molar-refractivity contribution in [1.82, 2.24) is 4.98 Å². The van der Waals surface area contributed by atoms with Crippen molar-refractivity contribution in [2.75, 3.05) is 0 Å². The molecule has 1 aromatic heterocycles. The molecule has 0 spiro atoms. The summed E-state index contributed by atoms with van der Waals surface area (Å²) in [4.78, 5) is 4.68. The van der Waals surface area contributed by atoms with Gasteiger partial charge in [0.25, 0.3) is 0 Å². The van der Waals surface area contributed by atoms with Gasteiger partial charge in [-0.2, -0.15) is 0 Å². The summed E-state index contributed by atoms with van der Waals surface area (Å²) in [6.45, 7) is 7.38. The van der Waals surface area contributed by atoms with Gasteiger partial charge in [-0.3, -0.25) is 4.98 Å². The monoisotopic (exact) mass is 435 g/mol. The van der Waals surface area contributed by atoms with Crippen LogP contribution in [-0.2, 0) is 4.65 Å². The molecule has 0 radical (unpaired) electrons. The first-order chi connectivity index (χ1) is 15.7. The number of nitrogens with zero attached hydrogens (tertiary/aromatic N) is 1. The Bertz CT molecular complexity index is 1220. The van der Waals surface area contributed by atoms with Crippen molar-refractivity contribution in [3.8, 4) is 33.5 Å². The number of hydrogen-bond acceptors (Lipinski definition) is 3. The lowest BCUT2D eigenvalue weighted by atomic mass is 9.80. The van der Waals surface area contributed by atoms with Crippen LogP contribution in [-0.4, -0.2) is 28.8 Å². The molecular formula is C29H30BNO2. The fourth-order valence-electron chi connectivity index (χ4n) is 3.56.